The largest absolute Gasteiger partial charge is 0.496 e. The molecule has 0 atom stereocenters. The predicted octanol–water partition coefficient (Wildman–Crippen LogP) is 3.97. The van der Waals surface area contributed by atoms with Crippen LogP contribution < -0.4 is 15.4 Å². The SMILES string of the molecule is COc1ccccc1CNC(=O)c1ccc(NC(=O)OC(C)(C)C)cc1. The molecule has 2 N–H and O–H groups in total. The van der Waals surface area contributed by atoms with Gasteiger partial charge in [-0.3, -0.25) is 10.1 Å². The fourth-order valence-corrected chi connectivity index (χ4v) is 2.25. The lowest BCUT2D eigenvalue weighted by Crippen LogP contribution is -2.27. The first-order chi connectivity index (χ1) is 12.3. The van der Waals surface area contributed by atoms with Crippen molar-refractivity contribution >= 4 is 17.7 Å². The van der Waals surface area contributed by atoms with Crippen molar-refractivity contribution in [1.82, 2.24) is 5.32 Å². The van der Waals surface area contributed by atoms with Gasteiger partial charge in [0, 0.05) is 23.4 Å². The molecule has 0 saturated heterocycles. The highest BCUT2D eigenvalue weighted by molar-refractivity contribution is 5.95. The second-order valence-corrected chi connectivity index (χ2v) is 6.70. The maximum absolute atomic E-state index is 12.3. The van der Waals surface area contributed by atoms with Crippen molar-refractivity contribution in [2.45, 2.75) is 32.9 Å². The van der Waals surface area contributed by atoms with Crippen LogP contribution in [0.15, 0.2) is 48.5 Å². The van der Waals surface area contributed by atoms with Crippen molar-refractivity contribution < 1.29 is 19.1 Å². The third-order valence-electron chi connectivity index (χ3n) is 3.42. The highest BCUT2D eigenvalue weighted by atomic mass is 16.6. The van der Waals surface area contributed by atoms with E-state index in [4.69, 9.17) is 9.47 Å². The molecule has 0 fully saturated rings. The number of anilines is 1. The fourth-order valence-electron chi connectivity index (χ4n) is 2.25. The molecule has 0 radical (unpaired) electrons. The number of rotatable bonds is 5. The van der Waals surface area contributed by atoms with Gasteiger partial charge in [-0.1, -0.05) is 18.2 Å². The molecule has 0 aliphatic carbocycles. The van der Waals surface area contributed by atoms with Crippen LogP contribution in [-0.4, -0.2) is 24.7 Å². The van der Waals surface area contributed by atoms with Crippen LogP contribution in [0.4, 0.5) is 10.5 Å². The van der Waals surface area contributed by atoms with Gasteiger partial charge in [-0.05, 0) is 51.1 Å². The van der Waals surface area contributed by atoms with Gasteiger partial charge in [0.1, 0.15) is 11.4 Å². The van der Waals surface area contributed by atoms with Crippen molar-refractivity contribution in [2.75, 3.05) is 12.4 Å². The summed E-state index contributed by atoms with van der Waals surface area (Å²) in [5, 5.41) is 5.48. The number of carbonyl (C=O) groups excluding carboxylic acids is 2. The molecule has 0 unspecified atom stereocenters. The van der Waals surface area contributed by atoms with Gasteiger partial charge in [0.2, 0.25) is 0 Å². The van der Waals surface area contributed by atoms with E-state index in [0.29, 0.717) is 17.8 Å². The lowest BCUT2D eigenvalue weighted by molar-refractivity contribution is 0.0635. The molecule has 6 heteroatoms. The van der Waals surface area contributed by atoms with E-state index in [1.165, 1.54) is 0 Å². The minimum Gasteiger partial charge on any atom is -0.496 e. The number of hydrogen-bond acceptors (Lipinski definition) is 4. The van der Waals surface area contributed by atoms with Gasteiger partial charge in [-0.15, -0.1) is 0 Å². The summed E-state index contributed by atoms with van der Waals surface area (Å²) in [6.07, 6.45) is -0.536. The zero-order chi connectivity index (χ0) is 19.2. The van der Waals surface area contributed by atoms with E-state index in [0.717, 1.165) is 11.3 Å². The first kappa shape index (κ1) is 19.3. The highest BCUT2D eigenvalue weighted by Gasteiger charge is 2.16. The third-order valence-corrected chi connectivity index (χ3v) is 3.42. The number of amides is 2. The summed E-state index contributed by atoms with van der Waals surface area (Å²) in [5.41, 5.74) is 1.38. The van der Waals surface area contributed by atoms with E-state index in [1.54, 1.807) is 52.1 Å². The van der Waals surface area contributed by atoms with Crippen LogP contribution in [0.3, 0.4) is 0 Å². The van der Waals surface area contributed by atoms with E-state index in [9.17, 15) is 9.59 Å². The Hall–Kier alpha value is -3.02. The number of benzene rings is 2. The summed E-state index contributed by atoms with van der Waals surface area (Å²) < 4.78 is 10.5. The van der Waals surface area contributed by atoms with Crippen LogP contribution in [0.1, 0.15) is 36.7 Å². The zero-order valence-electron chi connectivity index (χ0n) is 15.5. The molecule has 0 aliphatic heterocycles. The Balaban J connectivity index is 1.93. The van der Waals surface area contributed by atoms with E-state index >= 15 is 0 Å². The van der Waals surface area contributed by atoms with Gasteiger partial charge in [-0.2, -0.15) is 0 Å². The van der Waals surface area contributed by atoms with Gasteiger partial charge in [-0.25, -0.2) is 4.79 Å². The van der Waals surface area contributed by atoms with Crippen LogP contribution >= 0.6 is 0 Å². The lowest BCUT2D eigenvalue weighted by Gasteiger charge is -2.19. The van der Waals surface area contributed by atoms with E-state index < -0.39 is 11.7 Å². The minimum absolute atomic E-state index is 0.209. The fraction of sp³-hybridized carbons (Fsp3) is 0.300. The molecule has 0 aliphatic rings. The smallest absolute Gasteiger partial charge is 0.412 e. The van der Waals surface area contributed by atoms with Crippen molar-refractivity contribution in [3.05, 3.63) is 59.7 Å². The second-order valence-electron chi connectivity index (χ2n) is 6.70. The van der Waals surface area contributed by atoms with Crippen molar-refractivity contribution in [1.29, 1.82) is 0 Å². The number of para-hydroxylation sites is 1. The standard InChI is InChI=1S/C20H24N2O4/c1-20(2,3)26-19(24)22-16-11-9-14(10-12-16)18(23)21-13-15-7-5-6-8-17(15)25-4/h5-12H,13H2,1-4H3,(H,21,23)(H,22,24). The van der Waals surface area contributed by atoms with Crippen LogP contribution in [0.5, 0.6) is 5.75 Å². The molecule has 0 bridgehead atoms. The Kier molecular flexibility index (Phi) is 6.22. The molecule has 26 heavy (non-hydrogen) atoms. The first-order valence-corrected chi connectivity index (χ1v) is 8.28. The van der Waals surface area contributed by atoms with Crippen LogP contribution in [0.2, 0.25) is 0 Å². The van der Waals surface area contributed by atoms with E-state index in [2.05, 4.69) is 10.6 Å². The van der Waals surface area contributed by atoms with E-state index in [-0.39, 0.29) is 5.91 Å². The van der Waals surface area contributed by atoms with E-state index in [1.807, 2.05) is 24.3 Å². The average molecular weight is 356 g/mol. The predicted molar refractivity (Wildman–Crippen MR) is 100 cm³/mol. The summed E-state index contributed by atoms with van der Waals surface area (Å²) in [6.45, 7) is 5.74. The summed E-state index contributed by atoms with van der Waals surface area (Å²) in [5.74, 6) is 0.518. The van der Waals surface area contributed by atoms with Gasteiger partial charge < -0.3 is 14.8 Å². The van der Waals surface area contributed by atoms with Crippen molar-refractivity contribution in [2.24, 2.45) is 0 Å². The summed E-state index contributed by atoms with van der Waals surface area (Å²) in [7, 11) is 1.59. The molecule has 0 saturated carbocycles. The monoisotopic (exact) mass is 356 g/mol. The number of ether oxygens (including phenoxy) is 2. The number of nitrogens with one attached hydrogen (secondary N) is 2. The number of carbonyl (C=O) groups is 2. The Morgan fingerprint density at radius 2 is 1.65 bits per heavy atom. The molecule has 0 spiro atoms. The third kappa shape index (κ3) is 5.81. The van der Waals surface area contributed by atoms with Crippen LogP contribution in [0, 0.1) is 0 Å². The Bertz CT molecular complexity index is 764. The highest BCUT2D eigenvalue weighted by Crippen LogP contribution is 2.17. The second kappa shape index (κ2) is 8.38. The maximum atomic E-state index is 12.3. The topological polar surface area (TPSA) is 76.7 Å². The molecular formula is C20H24N2O4. The molecule has 6 nitrogen and oxygen atoms in total. The molecule has 2 aromatic rings. The van der Waals surface area contributed by atoms with Crippen LogP contribution in [0.25, 0.3) is 0 Å². The Labute approximate surface area is 153 Å². The summed E-state index contributed by atoms with van der Waals surface area (Å²) >= 11 is 0. The minimum atomic E-state index is -0.567. The number of hydrogen-bond donors (Lipinski definition) is 2. The summed E-state index contributed by atoms with van der Waals surface area (Å²) in [6, 6.07) is 14.1. The Morgan fingerprint density at radius 3 is 2.27 bits per heavy atom. The molecule has 2 aromatic carbocycles. The van der Waals surface area contributed by atoms with Gasteiger partial charge in [0.05, 0.1) is 7.11 Å². The molecule has 138 valence electrons. The summed E-state index contributed by atoms with van der Waals surface area (Å²) in [4.78, 5) is 24.0. The quantitative estimate of drug-likeness (QED) is 0.850. The number of methoxy groups -OCH3 is 1. The Morgan fingerprint density at radius 1 is 1.00 bits per heavy atom. The van der Waals surface area contributed by atoms with Gasteiger partial charge >= 0.3 is 6.09 Å². The molecule has 2 rings (SSSR count). The van der Waals surface area contributed by atoms with Crippen LogP contribution in [-0.2, 0) is 11.3 Å². The normalized spacial score (nSPS) is 10.8. The molecule has 0 aromatic heterocycles. The molecular weight excluding hydrogens is 332 g/mol. The average Bonchev–Trinajstić information content (AvgIpc) is 2.58. The van der Waals surface area contributed by atoms with Crippen molar-refractivity contribution in [3.8, 4) is 5.75 Å². The first-order valence-electron chi connectivity index (χ1n) is 8.28. The molecule has 2 amide bonds. The molecule has 0 heterocycles. The maximum Gasteiger partial charge on any atom is 0.412 e. The zero-order valence-corrected chi connectivity index (χ0v) is 15.5. The van der Waals surface area contributed by atoms with Gasteiger partial charge in [0.15, 0.2) is 0 Å². The van der Waals surface area contributed by atoms with Gasteiger partial charge in [0.25, 0.3) is 5.91 Å². The lowest BCUT2D eigenvalue weighted by atomic mass is 10.1. The van der Waals surface area contributed by atoms with Crippen molar-refractivity contribution in [3.63, 3.8) is 0 Å².